The Kier molecular flexibility index (Phi) is 11.6. The highest BCUT2D eigenvalue weighted by Gasteiger charge is 2.35. The molecule has 1 aliphatic heterocycles. The Morgan fingerprint density at radius 1 is 0.475 bits per heavy atom. The van der Waals surface area contributed by atoms with Gasteiger partial charge in [-0.2, -0.15) is 0 Å². The minimum atomic E-state index is 0.106. The third-order valence-corrected chi connectivity index (χ3v) is 21.3. The van der Waals surface area contributed by atoms with Gasteiger partial charge in [0.2, 0.25) is 0 Å². The molecule has 0 spiro atoms. The number of rotatable bonds is 10. The topological polar surface area (TPSA) is 24.4 Å². The van der Waals surface area contributed by atoms with Crippen LogP contribution in [0.5, 0.6) is 0 Å². The molecule has 2 aromatic carbocycles. The standard InChI is InChI=1S/C54H62N2S5/c1-5-13-33(14-6-1)27-41-43(29-35-17-9-3-10-18-35)53-45(37-23-25-57-51(37)41)31-47(59-53)39-21-22-40(50-49(39)55-61-56-50)48-32-46-38-24-26-58-52(38)42(28-34-15-7-2-8-16-34)44(54(46)60-48)30-36-19-11-4-12-20-36/h21-26,31-36,49,55H,1-20,27-30H2. The van der Waals surface area contributed by atoms with Crippen LogP contribution in [0.4, 0.5) is 0 Å². The predicted octanol–water partition coefficient (Wildman–Crippen LogP) is 17.5. The summed E-state index contributed by atoms with van der Waals surface area (Å²) in [6, 6.07) is 10.2. The van der Waals surface area contributed by atoms with Gasteiger partial charge in [-0.25, -0.2) is 9.12 Å². The lowest BCUT2D eigenvalue weighted by molar-refractivity contribution is 0.348. The average Bonchev–Trinajstić information content (AvgIpc) is 4.17. The number of nitrogens with zero attached hydrogens (tertiary/aromatic N) is 1. The van der Waals surface area contributed by atoms with Crippen molar-refractivity contribution in [2.75, 3.05) is 0 Å². The van der Waals surface area contributed by atoms with E-state index in [4.69, 9.17) is 4.40 Å². The van der Waals surface area contributed by atoms with E-state index in [0.29, 0.717) is 0 Å². The molecule has 4 saturated carbocycles. The van der Waals surface area contributed by atoms with Gasteiger partial charge in [0, 0.05) is 55.7 Å². The lowest BCUT2D eigenvalue weighted by Crippen LogP contribution is -2.31. The molecule has 0 radical (unpaired) electrons. The molecule has 5 heterocycles. The van der Waals surface area contributed by atoms with E-state index in [9.17, 15) is 0 Å². The second kappa shape index (κ2) is 17.6. The van der Waals surface area contributed by atoms with Crippen molar-refractivity contribution in [1.82, 2.24) is 4.72 Å². The number of hydrogen-bond donors (Lipinski definition) is 1. The first-order valence-corrected chi connectivity index (χ1v) is 28.7. The molecule has 6 aromatic rings. The van der Waals surface area contributed by atoms with Gasteiger partial charge in [0.05, 0.1) is 23.9 Å². The fraction of sp³-hybridized carbons (Fsp3) is 0.537. The first-order valence-electron chi connectivity index (χ1n) is 24.5. The van der Waals surface area contributed by atoms with Crippen LogP contribution in [0.3, 0.4) is 0 Å². The number of benzene rings is 2. The van der Waals surface area contributed by atoms with E-state index in [2.05, 4.69) is 74.6 Å². The summed E-state index contributed by atoms with van der Waals surface area (Å²) in [6.07, 6.45) is 38.4. The van der Waals surface area contributed by atoms with Crippen LogP contribution in [0.1, 0.15) is 160 Å². The zero-order valence-corrected chi connectivity index (χ0v) is 40.0. The van der Waals surface area contributed by atoms with E-state index in [1.807, 2.05) is 22.7 Å². The third-order valence-electron chi connectivity index (χ3n) is 16.2. The van der Waals surface area contributed by atoms with Crippen LogP contribution in [0.2, 0.25) is 0 Å². The predicted molar refractivity (Wildman–Crippen MR) is 273 cm³/mol. The quantitative estimate of drug-likeness (QED) is 0.139. The molecule has 1 N–H and O–H groups in total. The van der Waals surface area contributed by atoms with Gasteiger partial charge in [-0.05, 0) is 112 Å². The van der Waals surface area contributed by atoms with Crippen molar-refractivity contribution in [3.05, 3.63) is 79.2 Å². The summed E-state index contributed by atoms with van der Waals surface area (Å²) in [5.41, 5.74) is 10.9. The van der Waals surface area contributed by atoms with E-state index in [0.717, 1.165) is 23.7 Å². The second-order valence-corrected chi connectivity index (χ2v) is 24.6. The van der Waals surface area contributed by atoms with E-state index >= 15 is 0 Å². The maximum absolute atomic E-state index is 5.22. The smallest absolute Gasteiger partial charge is 0.0887 e. The molecule has 0 amide bonds. The van der Waals surface area contributed by atoms with Gasteiger partial charge >= 0.3 is 0 Å². The van der Waals surface area contributed by atoms with Gasteiger partial charge in [-0.1, -0.05) is 141 Å². The normalized spacial score (nSPS) is 22.8. The summed E-state index contributed by atoms with van der Waals surface area (Å²) < 4.78 is 15.4. The minimum absolute atomic E-state index is 0.106. The van der Waals surface area contributed by atoms with Crippen molar-refractivity contribution in [2.24, 2.45) is 28.1 Å². The van der Waals surface area contributed by atoms with Gasteiger partial charge in [0.1, 0.15) is 0 Å². The summed E-state index contributed by atoms with van der Waals surface area (Å²) in [6.45, 7) is 0. The van der Waals surface area contributed by atoms with Crippen LogP contribution in [0.15, 0.2) is 51.6 Å². The Hall–Kier alpha value is -2.26. The highest BCUT2D eigenvalue weighted by Crippen LogP contribution is 2.50. The summed E-state index contributed by atoms with van der Waals surface area (Å²) in [7, 11) is 0. The molecule has 2 nitrogen and oxygen atoms in total. The van der Waals surface area contributed by atoms with Crippen LogP contribution in [0, 0.1) is 23.7 Å². The van der Waals surface area contributed by atoms with E-state index in [-0.39, 0.29) is 6.04 Å². The van der Waals surface area contributed by atoms with Crippen LogP contribution in [-0.4, -0.2) is 11.8 Å². The zero-order valence-electron chi connectivity index (χ0n) is 36.0. The van der Waals surface area contributed by atoms with Gasteiger partial charge in [-0.15, -0.1) is 45.3 Å². The first kappa shape index (κ1) is 40.3. The van der Waals surface area contributed by atoms with E-state index in [1.165, 1.54) is 202 Å². The van der Waals surface area contributed by atoms with Crippen LogP contribution < -0.4 is 4.72 Å². The second-order valence-electron chi connectivity index (χ2n) is 20.1. The monoisotopic (exact) mass is 898 g/mol. The van der Waals surface area contributed by atoms with Crippen LogP contribution >= 0.6 is 57.5 Å². The molecule has 0 saturated heterocycles. The number of allylic oxidation sites excluding steroid dienone is 2. The highest BCUT2D eigenvalue weighted by atomic mass is 32.2. The minimum Gasteiger partial charge on any atom is -0.231 e. The fourth-order valence-corrected chi connectivity index (χ4v) is 18.3. The molecule has 12 rings (SSSR count). The lowest BCUT2D eigenvalue weighted by Gasteiger charge is -2.26. The summed E-state index contributed by atoms with van der Waals surface area (Å²) in [4.78, 5) is 2.84. The fourth-order valence-electron chi connectivity index (χ4n) is 13.0. The van der Waals surface area contributed by atoms with Gasteiger partial charge in [0.25, 0.3) is 0 Å². The zero-order chi connectivity index (χ0) is 40.3. The Labute approximate surface area is 384 Å². The first-order chi connectivity index (χ1) is 30.2. The van der Waals surface area contributed by atoms with Crippen molar-refractivity contribution in [3.63, 3.8) is 0 Å². The van der Waals surface area contributed by atoms with Gasteiger partial charge < -0.3 is 0 Å². The lowest BCUT2D eigenvalue weighted by atomic mass is 9.80. The largest absolute Gasteiger partial charge is 0.231 e. The Balaban J connectivity index is 0.958. The van der Waals surface area contributed by atoms with Crippen molar-refractivity contribution in [3.8, 4) is 0 Å². The molecular weight excluding hydrogens is 837 g/mol. The molecule has 6 aliphatic rings. The molecule has 61 heavy (non-hydrogen) atoms. The molecule has 4 fully saturated rings. The third kappa shape index (κ3) is 7.69. The summed E-state index contributed by atoms with van der Waals surface area (Å²) in [5.74, 6) is 3.36. The maximum atomic E-state index is 5.22. The maximum Gasteiger partial charge on any atom is 0.0887 e. The Bertz CT molecular complexity index is 2650. The molecule has 5 aliphatic carbocycles. The number of fused-ring (bicyclic) bond motifs is 7. The number of hydrogen-bond acceptors (Lipinski definition) is 7. The van der Waals surface area contributed by atoms with Crippen LogP contribution in [0.25, 0.3) is 51.5 Å². The SMILES string of the molecule is C1=C(c2cc3c(s2)c(CC2CCCCC2)c(CC2CCCCC2)c2sccc23)C2=NSNC2C(c2cc3c(s2)c(CC2CCCCC2)c(CC2CCCCC2)c2sccc23)=C1. The number of thiophene rings is 4. The molecule has 1 unspecified atom stereocenters. The summed E-state index contributed by atoms with van der Waals surface area (Å²) >= 11 is 9.80. The highest BCUT2D eigenvalue weighted by molar-refractivity contribution is 7.96. The van der Waals surface area contributed by atoms with Crippen molar-refractivity contribution in [2.45, 2.75) is 160 Å². The van der Waals surface area contributed by atoms with E-state index < -0.39 is 0 Å². The van der Waals surface area contributed by atoms with Gasteiger partial charge in [0.15, 0.2) is 0 Å². The molecule has 318 valence electrons. The average molecular weight is 899 g/mol. The molecular formula is C54H62N2S5. The Morgan fingerprint density at radius 3 is 1.38 bits per heavy atom. The molecule has 7 heteroatoms. The van der Waals surface area contributed by atoms with Crippen molar-refractivity contribution in [1.29, 1.82) is 0 Å². The molecule has 4 aromatic heterocycles. The van der Waals surface area contributed by atoms with Crippen LogP contribution in [-0.2, 0) is 25.7 Å². The van der Waals surface area contributed by atoms with Crippen molar-refractivity contribution < 1.29 is 0 Å². The molecule has 0 bridgehead atoms. The number of nitrogens with one attached hydrogen (secondary N) is 1. The Morgan fingerprint density at radius 2 is 0.902 bits per heavy atom. The van der Waals surface area contributed by atoms with Crippen molar-refractivity contribution >= 4 is 115 Å². The van der Waals surface area contributed by atoms with E-state index in [1.54, 1.807) is 53.2 Å². The van der Waals surface area contributed by atoms with Gasteiger partial charge in [-0.3, -0.25) is 0 Å². The summed E-state index contributed by atoms with van der Waals surface area (Å²) in [5, 5.41) is 10.8. The molecule has 1 atom stereocenters.